The molecule has 0 saturated carbocycles. The predicted octanol–water partition coefficient (Wildman–Crippen LogP) is 2.77. The molecule has 3 rings (SSSR count). The Morgan fingerprint density at radius 2 is 2.09 bits per heavy atom. The molecule has 1 N–H and O–H groups in total. The first kappa shape index (κ1) is 15.6. The molecule has 7 heteroatoms. The number of benzene rings is 1. The number of halogens is 2. The van der Waals surface area contributed by atoms with Gasteiger partial charge in [0.05, 0.1) is 11.6 Å². The lowest BCUT2D eigenvalue weighted by molar-refractivity contribution is 0.0933. The van der Waals surface area contributed by atoms with Gasteiger partial charge in [-0.05, 0) is 38.0 Å². The van der Waals surface area contributed by atoms with Crippen molar-refractivity contribution in [3.05, 3.63) is 47.0 Å². The van der Waals surface area contributed by atoms with Crippen LogP contribution in [0, 0.1) is 11.6 Å². The number of fused-ring (bicyclic) bond motifs is 1. The zero-order chi connectivity index (χ0) is 16.4. The Balaban J connectivity index is 1.79. The number of aryl methyl sites for hydroxylation is 1. The summed E-state index contributed by atoms with van der Waals surface area (Å²) in [6.45, 7) is 2.57. The lowest BCUT2D eigenvalue weighted by Gasteiger charge is -2.15. The topological polar surface area (TPSA) is 59.8 Å². The second kappa shape index (κ2) is 6.44. The van der Waals surface area contributed by atoms with Crippen LogP contribution in [-0.4, -0.2) is 20.7 Å². The highest BCUT2D eigenvalue weighted by Crippen LogP contribution is 2.19. The zero-order valence-corrected chi connectivity index (χ0v) is 12.9. The van der Waals surface area contributed by atoms with Crippen molar-refractivity contribution in [2.75, 3.05) is 0 Å². The largest absolute Gasteiger partial charge is 0.342 e. The van der Waals surface area contributed by atoms with Crippen LogP contribution in [-0.2, 0) is 13.0 Å². The van der Waals surface area contributed by atoms with Gasteiger partial charge in [0.25, 0.3) is 5.91 Å². The third-order valence-corrected chi connectivity index (χ3v) is 4.05. The van der Waals surface area contributed by atoms with Gasteiger partial charge in [0.1, 0.15) is 17.5 Å². The SMILES string of the molecule is C[C@@H](NC(=O)c1cc(F)ccc1F)c1nnc2n1CCCCC2. The number of nitrogens with one attached hydrogen (secondary N) is 1. The maximum atomic E-state index is 13.7. The van der Waals surface area contributed by atoms with Crippen LogP contribution < -0.4 is 5.32 Å². The van der Waals surface area contributed by atoms with Gasteiger partial charge in [-0.15, -0.1) is 10.2 Å². The van der Waals surface area contributed by atoms with Crippen LogP contribution >= 0.6 is 0 Å². The lowest BCUT2D eigenvalue weighted by atomic mass is 10.1. The molecule has 0 radical (unpaired) electrons. The van der Waals surface area contributed by atoms with E-state index in [-0.39, 0.29) is 5.56 Å². The molecule has 1 aromatic heterocycles. The molecule has 1 atom stereocenters. The van der Waals surface area contributed by atoms with Crippen molar-refractivity contribution < 1.29 is 13.6 Å². The third kappa shape index (κ3) is 3.23. The van der Waals surface area contributed by atoms with E-state index < -0.39 is 23.6 Å². The smallest absolute Gasteiger partial charge is 0.254 e. The molecule has 0 aliphatic carbocycles. The Morgan fingerprint density at radius 3 is 2.91 bits per heavy atom. The Kier molecular flexibility index (Phi) is 4.36. The molecule has 5 nitrogen and oxygen atoms in total. The van der Waals surface area contributed by atoms with E-state index in [0.29, 0.717) is 5.82 Å². The lowest BCUT2D eigenvalue weighted by Crippen LogP contribution is -2.29. The van der Waals surface area contributed by atoms with Crippen molar-refractivity contribution in [1.29, 1.82) is 0 Å². The second-order valence-electron chi connectivity index (χ2n) is 5.76. The van der Waals surface area contributed by atoms with E-state index in [1.54, 1.807) is 6.92 Å². The Hall–Kier alpha value is -2.31. The fraction of sp³-hybridized carbons (Fsp3) is 0.438. The van der Waals surface area contributed by atoms with Gasteiger partial charge >= 0.3 is 0 Å². The van der Waals surface area contributed by atoms with Crippen LogP contribution in [0.15, 0.2) is 18.2 Å². The fourth-order valence-corrected chi connectivity index (χ4v) is 2.84. The Labute approximate surface area is 132 Å². The molecule has 2 aromatic rings. The number of carbonyl (C=O) groups excluding carboxylic acids is 1. The summed E-state index contributed by atoms with van der Waals surface area (Å²) in [4.78, 5) is 12.2. The van der Waals surface area contributed by atoms with Gasteiger partial charge in [-0.25, -0.2) is 8.78 Å². The monoisotopic (exact) mass is 320 g/mol. The number of hydrogen-bond donors (Lipinski definition) is 1. The minimum Gasteiger partial charge on any atom is -0.342 e. The maximum Gasteiger partial charge on any atom is 0.254 e. The molecule has 1 aliphatic heterocycles. The molecule has 0 saturated heterocycles. The van der Waals surface area contributed by atoms with Crippen LogP contribution in [0.25, 0.3) is 0 Å². The predicted molar refractivity (Wildman–Crippen MR) is 79.8 cm³/mol. The molecule has 0 spiro atoms. The van der Waals surface area contributed by atoms with Crippen molar-refractivity contribution in [2.24, 2.45) is 0 Å². The van der Waals surface area contributed by atoms with Crippen molar-refractivity contribution in [2.45, 2.75) is 45.2 Å². The molecule has 0 fully saturated rings. The second-order valence-corrected chi connectivity index (χ2v) is 5.76. The van der Waals surface area contributed by atoms with Gasteiger partial charge < -0.3 is 9.88 Å². The van der Waals surface area contributed by atoms with Crippen LogP contribution in [0.4, 0.5) is 8.78 Å². The van der Waals surface area contributed by atoms with Gasteiger partial charge in [-0.3, -0.25) is 4.79 Å². The van der Waals surface area contributed by atoms with E-state index in [1.165, 1.54) is 0 Å². The normalized spacial score (nSPS) is 15.6. The van der Waals surface area contributed by atoms with E-state index in [0.717, 1.165) is 56.3 Å². The summed E-state index contributed by atoms with van der Waals surface area (Å²) in [6.07, 6.45) is 4.12. The molecule has 1 amide bonds. The average Bonchev–Trinajstić information content (AvgIpc) is 2.78. The first-order valence-corrected chi connectivity index (χ1v) is 7.74. The first-order chi connectivity index (χ1) is 11.1. The van der Waals surface area contributed by atoms with Gasteiger partial charge in [0.2, 0.25) is 0 Å². The summed E-state index contributed by atoms with van der Waals surface area (Å²) in [6, 6.07) is 2.37. The maximum absolute atomic E-state index is 13.7. The highest BCUT2D eigenvalue weighted by molar-refractivity contribution is 5.94. The molecular weight excluding hydrogens is 302 g/mol. The Morgan fingerprint density at radius 1 is 1.26 bits per heavy atom. The van der Waals surface area contributed by atoms with Crippen LogP contribution in [0.3, 0.4) is 0 Å². The molecule has 23 heavy (non-hydrogen) atoms. The van der Waals surface area contributed by atoms with E-state index in [9.17, 15) is 13.6 Å². The first-order valence-electron chi connectivity index (χ1n) is 7.74. The number of hydrogen-bond acceptors (Lipinski definition) is 3. The van der Waals surface area contributed by atoms with Crippen LogP contribution in [0.1, 0.15) is 54.2 Å². The summed E-state index contributed by atoms with van der Waals surface area (Å²) in [5.74, 6) is -0.514. The summed E-state index contributed by atoms with van der Waals surface area (Å²) >= 11 is 0. The van der Waals surface area contributed by atoms with E-state index in [4.69, 9.17) is 0 Å². The van der Waals surface area contributed by atoms with Gasteiger partial charge in [0, 0.05) is 13.0 Å². The van der Waals surface area contributed by atoms with Crippen molar-refractivity contribution >= 4 is 5.91 Å². The highest BCUT2D eigenvalue weighted by atomic mass is 19.1. The van der Waals surface area contributed by atoms with Crippen LogP contribution in [0.5, 0.6) is 0 Å². The average molecular weight is 320 g/mol. The van der Waals surface area contributed by atoms with E-state index in [1.807, 2.05) is 4.57 Å². The Bertz CT molecular complexity index is 729. The van der Waals surface area contributed by atoms with E-state index >= 15 is 0 Å². The molecule has 0 unspecified atom stereocenters. The minimum absolute atomic E-state index is 0.313. The van der Waals surface area contributed by atoms with Crippen molar-refractivity contribution in [3.8, 4) is 0 Å². The fourth-order valence-electron chi connectivity index (χ4n) is 2.84. The minimum atomic E-state index is -0.754. The summed E-state index contributed by atoms with van der Waals surface area (Å²) in [5, 5.41) is 11.0. The number of amides is 1. The zero-order valence-electron chi connectivity index (χ0n) is 12.9. The van der Waals surface area contributed by atoms with Crippen molar-refractivity contribution in [3.63, 3.8) is 0 Å². The summed E-state index contributed by atoms with van der Waals surface area (Å²) in [5.41, 5.74) is -0.313. The number of carbonyl (C=O) groups is 1. The van der Waals surface area contributed by atoms with Gasteiger partial charge in [0.15, 0.2) is 5.82 Å². The standard InChI is InChI=1S/C16H18F2N4O/c1-10(15-21-20-14-5-3-2-4-8-22(14)15)19-16(23)12-9-11(17)6-7-13(12)18/h6-7,9-10H,2-5,8H2,1H3,(H,19,23)/t10-/m1/s1. The van der Waals surface area contributed by atoms with Gasteiger partial charge in [-0.1, -0.05) is 6.42 Å². The number of nitrogens with zero attached hydrogens (tertiary/aromatic N) is 3. The molecule has 1 aromatic carbocycles. The third-order valence-electron chi connectivity index (χ3n) is 4.05. The summed E-state index contributed by atoms with van der Waals surface area (Å²) in [7, 11) is 0. The van der Waals surface area contributed by atoms with Crippen LogP contribution in [0.2, 0.25) is 0 Å². The molecular formula is C16H18F2N4O. The highest BCUT2D eigenvalue weighted by Gasteiger charge is 2.22. The molecule has 122 valence electrons. The molecule has 1 aliphatic rings. The quantitative estimate of drug-likeness (QED) is 0.946. The van der Waals surface area contributed by atoms with E-state index in [2.05, 4.69) is 15.5 Å². The molecule has 0 bridgehead atoms. The molecule has 2 heterocycles. The van der Waals surface area contributed by atoms with Gasteiger partial charge in [-0.2, -0.15) is 0 Å². The summed E-state index contributed by atoms with van der Waals surface area (Å²) < 4.78 is 28.9. The number of rotatable bonds is 3. The van der Waals surface area contributed by atoms with Crippen molar-refractivity contribution in [1.82, 2.24) is 20.1 Å². The number of aromatic nitrogens is 3.